The van der Waals surface area contributed by atoms with Crippen molar-refractivity contribution in [3.63, 3.8) is 0 Å². The number of hydrogen-bond acceptors (Lipinski definition) is 4. The topological polar surface area (TPSA) is 28.9 Å². The van der Waals surface area contributed by atoms with Gasteiger partial charge in [0.15, 0.2) is 11.5 Å². The molecule has 3 heterocycles. The van der Waals surface area contributed by atoms with E-state index in [1.807, 2.05) is 6.07 Å². The van der Waals surface area contributed by atoms with Gasteiger partial charge in [0.1, 0.15) is 11.2 Å². The first-order valence-electron chi connectivity index (χ1n) is 25.5. The molecule has 0 bridgehead atoms. The van der Waals surface area contributed by atoms with Gasteiger partial charge in [-0.1, -0.05) is 200 Å². The molecule has 11 aromatic carbocycles. The minimum atomic E-state index is 0.128. The zero-order valence-corrected chi connectivity index (χ0v) is 40.3. The Bertz CT molecular complexity index is 4230. The molecule has 15 rings (SSSR count). The number of benzene rings is 11. The summed E-state index contributed by atoms with van der Waals surface area (Å²) in [5, 5.41) is 4.55. The van der Waals surface area contributed by atoms with Crippen molar-refractivity contribution in [1.82, 2.24) is 0 Å². The molecule has 1 aliphatic carbocycles. The van der Waals surface area contributed by atoms with E-state index in [-0.39, 0.29) is 12.0 Å². The Morgan fingerprint density at radius 2 is 1.08 bits per heavy atom. The van der Waals surface area contributed by atoms with Gasteiger partial charge in [-0.3, -0.25) is 0 Å². The average Bonchev–Trinajstić information content (AvgIpc) is 4.03. The third kappa shape index (κ3) is 6.76. The highest BCUT2D eigenvalue weighted by atomic mass is 16.5. The van der Waals surface area contributed by atoms with Crippen molar-refractivity contribution < 1.29 is 9.15 Å². The predicted octanol–water partition coefficient (Wildman–Crippen LogP) is 19.2. The molecule has 4 heteroatoms. The highest BCUT2D eigenvalue weighted by molar-refractivity contribution is 6.19. The molecule has 348 valence electrons. The van der Waals surface area contributed by atoms with Crippen molar-refractivity contribution in [1.29, 1.82) is 0 Å². The van der Waals surface area contributed by atoms with Crippen LogP contribution in [0.5, 0.6) is 11.5 Å². The fourth-order valence-corrected chi connectivity index (χ4v) is 12.0. The van der Waals surface area contributed by atoms with E-state index in [0.717, 1.165) is 89.5 Å². The largest absolute Gasteiger partial charge is 0.455 e. The monoisotopic (exact) mass is 946 g/mol. The van der Waals surface area contributed by atoms with Crippen LogP contribution in [0.1, 0.15) is 17.0 Å². The molecule has 0 radical (unpaired) electrons. The van der Waals surface area contributed by atoms with Crippen LogP contribution in [-0.2, 0) is 0 Å². The Hall–Kier alpha value is -9.64. The standard InChI is InChI=1S/C70H46N2O2/c1-3-15-46(16-4-1)54-40-34-50(43-60(54)47-17-5-2-6-18-47)45-29-36-52(37-30-45)71(53-38-31-49(32-39-53)56-22-13-27-66-68(56)59-41-33-48-19-7-8-21-57(48)70(59)74-66)62-24-10-9-20-55(62)51-35-42-63-61(44-51)58-23-14-28-67-69(58)72(63)64-25-11-12-26-65(64)73-67/h1-44,61,63H. The molecule has 0 N–H and O–H groups in total. The van der Waals surface area contributed by atoms with E-state index in [9.17, 15) is 0 Å². The predicted molar refractivity (Wildman–Crippen MR) is 306 cm³/mol. The molecule has 2 atom stereocenters. The van der Waals surface area contributed by atoms with Gasteiger partial charge in [0.2, 0.25) is 0 Å². The average molecular weight is 947 g/mol. The summed E-state index contributed by atoms with van der Waals surface area (Å²) in [5.41, 5.74) is 20.3. The van der Waals surface area contributed by atoms with Gasteiger partial charge in [-0.2, -0.15) is 0 Å². The molecule has 0 spiro atoms. The van der Waals surface area contributed by atoms with E-state index in [1.54, 1.807) is 0 Å². The molecule has 3 aliphatic rings. The Kier molecular flexibility index (Phi) is 9.67. The van der Waals surface area contributed by atoms with Crippen molar-refractivity contribution in [2.45, 2.75) is 12.0 Å². The first-order valence-corrected chi connectivity index (χ1v) is 25.5. The van der Waals surface area contributed by atoms with Crippen LogP contribution >= 0.6 is 0 Å². The summed E-state index contributed by atoms with van der Waals surface area (Å²) in [7, 11) is 0. The number of rotatable bonds is 8. The van der Waals surface area contributed by atoms with E-state index in [2.05, 4.69) is 271 Å². The van der Waals surface area contributed by atoms with Crippen molar-refractivity contribution in [2.75, 3.05) is 9.80 Å². The molecule has 1 aromatic heterocycles. The second-order valence-electron chi connectivity index (χ2n) is 19.5. The number of fused-ring (bicyclic) bond motifs is 10. The minimum absolute atomic E-state index is 0.128. The van der Waals surface area contributed by atoms with Gasteiger partial charge >= 0.3 is 0 Å². The summed E-state index contributed by atoms with van der Waals surface area (Å²) in [5.74, 6) is 1.93. The Morgan fingerprint density at radius 3 is 1.91 bits per heavy atom. The van der Waals surface area contributed by atoms with Crippen LogP contribution in [-0.4, -0.2) is 6.04 Å². The maximum atomic E-state index is 6.63. The summed E-state index contributed by atoms with van der Waals surface area (Å²) in [4.78, 5) is 4.90. The highest BCUT2D eigenvalue weighted by Crippen LogP contribution is 2.58. The summed E-state index contributed by atoms with van der Waals surface area (Å²) in [6, 6.07) is 89.6. The van der Waals surface area contributed by atoms with Gasteiger partial charge in [0.25, 0.3) is 0 Å². The van der Waals surface area contributed by atoms with E-state index in [1.165, 1.54) is 44.3 Å². The van der Waals surface area contributed by atoms with Gasteiger partial charge in [-0.05, 0) is 128 Å². The van der Waals surface area contributed by atoms with Crippen LogP contribution in [0.3, 0.4) is 0 Å². The lowest BCUT2D eigenvalue weighted by Crippen LogP contribution is -2.30. The first-order chi connectivity index (χ1) is 36.7. The second-order valence-corrected chi connectivity index (χ2v) is 19.5. The molecule has 0 saturated carbocycles. The first kappa shape index (κ1) is 42.1. The van der Waals surface area contributed by atoms with Crippen molar-refractivity contribution in [3.8, 4) is 56.0 Å². The smallest absolute Gasteiger partial charge is 0.151 e. The fraction of sp³-hybridized carbons (Fsp3) is 0.0286. The lowest BCUT2D eigenvalue weighted by molar-refractivity contribution is 0.473. The van der Waals surface area contributed by atoms with Crippen LogP contribution in [0.15, 0.2) is 271 Å². The highest BCUT2D eigenvalue weighted by Gasteiger charge is 2.43. The SMILES string of the molecule is C1=CC2C(C=C1c1ccccc1N(c1ccc(-c3ccc(-c4ccccc4)c(-c4ccccc4)c3)cc1)c1ccc(-c3cccc4oc5c6ccccc6ccc5c34)cc1)c1cccc3c1N2c1ccccc1O3. The molecular weight excluding hydrogens is 901 g/mol. The Balaban J connectivity index is 0.850. The number of para-hydroxylation sites is 4. The number of nitrogens with zero attached hydrogens (tertiary/aromatic N) is 2. The molecule has 0 saturated heterocycles. The second kappa shape index (κ2) is 17.0. The van der Waals surface area contributed by atoms with Gasteiger partial charge in [0.05, 0.1) is 23.1 Å². The quantitative estimate of drug-likeness (QED) is 0.152. The van der Waals surface area contributed by atoms with Crippen LogP contribution in [0.25, 0.3) is 82.8 Å². The molecule has 0 fully saturated rings. The Labute approximate surface area is 429 Å². The maximum absolute atomic E-state index is 6.63. The van der Waals surface area contributed by atoms with Crippen molar-refractivity contribution in [2.24, 2.45) is 0 Å². The Morgan fingerprint density at radius 1 is 0.432 bits per heavy atom. The molecule has 12 aromatic rings. The zero-order valence-electron chi connectivity index (χ0n) is 40.3. The maximum Gasteiger partial charge on any atom is 0.151 e. The third-order valence-corrected chi connectivity index (χ3v) is 15.4. The van der Waals surface area contributed by atoms with Gasteiger partial charge in [-0.15, -0.1) is 0 Å². The zero-order chi connectivity index (χ0) is 48.7. The van der Waals surface area contributed by atoms with Crippen LogP contribution < -0.4 is 14.5 Å². The summed E-state index contributed by atoms with van der Waals surface area (Å²) >= 11 is 0. The molecule has 0 amide bonds. The molecule has 74 heavy (non-hydrogen) atoms. The van der Waals surface area contributed by atoms with E-state index < -0.39 is 0 Å². The van der Waals surface area contributed by atoms with Crippen LogP contribution in [0.2, 0.25) is 0 Å². The van der Waals surface area contributed by atoms with Crippen molar-refractivity contribution in [3.05, 3.63) is 278 Å². The fourth-order valence-electron chi connectivity index (χ4n) is 12.0. The normalized spacial score (nSPS) is 15.1. The number of hydrogen-bond donors (Lipinski definition) is 0. The summed E-state index contributed by atoms with van der Waals surface area (Å²) < 4.78 is 13.1. The molecule has 2 unspecified atom stereocenters. The molecular formula is C70H46N2O2. The molecule has 4 nitrogen and oxygen atoms in total. The van der Waals surface area contributed by atoms with E-state index in [0.29, 0.717) is 0 Å². The van der Waals surface area contributed by atoms with Crippen LogP contribution in [0, 0.1) is 0 Å². The lowest BCUT2D eigenvalue weighted by Gasteiger charge is -2.34. The summed E-state index contributed by atoms with van der Waals surface area (Å²) in [6.45, 7) is 0. The lowest BCUT2D eigenvalue weighted by atomic mass is 9.85. The van der Waals surface area contributed by atoms with E-state index in [4.69, 9.17) is 9.15 Å². The van der Waals surface area contributed by atoms with Gasteiger partial charge in [0, 0.05) is 39.0 Å². The number of furan rings is 1. The number of ether oxygens (including phenoxy) is 1. The van der Waals surface area contributed by atoms with Gasteiger partial charge < -0.3 is 19.0 Å². The number of allylic oxidation sites excluding steroid dienone is 2. The number of anilines is 5. The summed E-state index contributed by atoms with van der Waals surface area (Å²) in [6.07, 6.45) is 7.20. The third-order valence-electron chi connectivity index (χ3n) is 15.4. The van der Waals surface area contributed by atoms with Crippen molar-refractivity contribution >= 4 is 66.7 Å². The minimum Gasteiger partial charge on any atom is -0.455 e. The van der Waals surface area contributed by atoms with Crippen LogP contribution in [0.4, 0.5) is 28.4 Å². The van der Waals surface area contributed by atoms with Gasteiger partial charge in [-0.25, -0.2) is 0 Å². The molecule has 2 aliphatic heterocycles. The van der Waals surface area contributed by atoms with E-state index >= 15 is 0 Å².